The molecule has 0 radical (unpaired) electrons. The van der Waals surface area contributed by atoms with Crippen LogP contribution in [0.4, 0.5) is 0 Å². The lowest BCUT2D eigenvalue weighted by molar-refractivity contribution is 0.163. The van der Waals surface area contributed by atoms with E-state index in [1.165, 1.54) is 0 Å². The highest BCUT2D eigenvalue weighted by Crippen LogP contribution is 2.32. The summed E-state index contributed by atoms with van der Waals surface area (Å²) in [5.74, 6) is 0.910. The van der Waals surface area contributed by atoms with Gasteiger partial charge in [-0.05, 0) is 31.6 Å². The van der Waals surface area contributed by atoms with Crippen molar-refractivity contribution >= 4 is 5.57 Å². The van der Waals surface area contributed by atoms with E-state index >= 15 is 0 Å². The molecule has 0 spiro atoms. The molecule has 1 heterocycles. The van der Waals surface area contributed by atoms with Crippen LogP contribution in [-0.2, 0) is 0 Å². The molecule has 0 saturated carbocycles. The zero-order valence-corrected chi connectivity index (χ0v) is 8.58. The molecule has 1 heteroatoms. The van der Waals surface area contributed by atoms with Crippen molar-refractivity contribution in [3.63, 3.8) is 0 Å². The Hall–Kier alpha value is -1.50. The molecule has 72 valence electrons. The molecule has 0 fully saturated rings. The third-order valence-electron chi connectivity index (χ3n) is 2.29. The lowest BCUT2D eigenvalue weighted by Gasteiger charge is -2.22. The smallest absolute Gasteiger partial charge is 0.128 e. The summed E-state index contributed by atoms with van der Waals surface area (Å²) < 4.78 is 5.87. The van der Waals surface area contributed by atoms with Crippen molar-refractivity contribution in [2.45, 2.75) is 19.4 Å². The summed E-state index contributed by atoms with van der Waals surface area (Å²) in [6.07, 6.45) is 4.06. The number of rotatable bonds is 0. The molecule has 1 aromatic rings. The summed E-state index contributed by atoms with van der Waals surface area (Å²) in [6.45, 7) is 8.10. The maximum atomic E-state index is 5.87. The van der Waals surface area contributed by atoms with Gasteiger partial charge < -0.3 is 4.74 Å². The number of para-hydroxylation sites is 1. The highest BCUT2D eigenvalue weighted by molar-refractivity contribution is 5.76. The van der Waals surface area contributed by atoms with Crippen molar-refractivity contribution in [2.75, 3.05) is 0 Å². The minimum absolute atomic E-state index is 0.254. The Morgan fingerprint density at radius 3 is 2.71 bits per heavy atom. The Kier molecular flexibility index (Phi) is 1.95. The summed E-state index contributed by atoms with van der Waals surface area (Å²) in [5, 5.41) is 0. The minimum Gasteiger partial charge on any atom is -0.483 e. The van der Waals surface area contributed by atoms with Gasteiger partial charge in [-0.1, -0.05) is 30.9 Å². The zero-order valence-electron chi connectivity index (χ0n) is 8.58. The minimum atomic E-state index is -0.254. The van der Waals surface area contributed by atoms with Crippen LogP contribution >= 0.6 is 0 Å². The van der Waals surface area contributed by atoms with E-state index in [1.807, 2.05) is 50.3 Å². The molecule has 14 heavy (non-hydrogen) atoms. The van der Waals surface area contributed by atoms with Gasteiger partial charge in [-0.25, -0.2) is 0 Å². The van der Waals surface area contributed by atoms with E-state index in [1.54, 1.807) is 0 Å². The Bertz CT molecular complexity index is 399. The molecule has 0 aliphatic carbocycles. The first kappa shape index (κ1) is 9.07. The topological polar surface area (TPSA) is 9.23 Å². The number of fused-ring (bicyclic) bond motifs is 1. The quantitative estimate of drug-likeness (QED) is 0.603. The molecule has 0 amide bonds. The number of benzene rings is 1. The van der Waals surface area contributed by atoms with Crippen LogP contribution in [0, 0.1) is 0 Å². The summed E-state index contributed by atoms with van der Waals surface area (Å²) in [7, 11) is 0. The number of ether oxygens (including phenoxy) is 1. The molecule has 0 N–H and O–H groups in total. The SMILES string of the molecule is C=C1C=CC(C)(C)Oc2ccccc21. The predicted octanol–water partition coefficient (Wildman–Crippen LogP) is 3.43. The third kappa shape index (κ3) is 1.58. The van der Waals surface area contributed by atoms with Crippen LogP contribution in [0.15, 0.2) is 43.0 Å². The molecule has 1 aromatic carbocycles. The molecule has 1 nitrogen and oxygen atoms in total. The fourth-order valence-corrected chi connectivity index (χ4v) is 1.53. The lowest BCUT2D eigenvalue weighted by Crippen LogP contribution is -2.24. The summed E-state index contributed by atoms with van der Waals surface area (Å²) in [6, 6.07) is 7.99. The Balaban J connectivity index is 2.55. The molecule has 0 bridgehead atoms. The van der Waals surface area contributed by atoms with E-state index in [0.717, 1.165) is 16.9 Å². The second-order valence-electron chi connectivity index (χ2n) is 4.06. The van der Waals surface area contributed by atoms with E-state index < -0.39 is 0 Å². The van der Waals surface area contributed by atoms with Gasteiger partial charge in [-0.15, -0.1) is 0 Å². The average molecular weight is 186 g/mol. The van der Waals surface area contributed by atoms with Crippen LogP contribution < -0.4 is 4.74 Å². The molecule has 1 aliphatic rings. The third-order valence-corrected chi connectivity index (χ3v) is 2.29. The van der Waals surface area contributed by atoms with Crippen molar-refractivity contribution in [2.24, 2.45) is 0 Å². The predicted molar refractivity (Wildman–Crippen MR) is 59.3 cm³/mol. The molecular weight excluding hydrogens is 172 g/mol. The molecule has 0 aromatic heterocycles. The maximum Gasteiger partial charge on any atom is 0.128 e. The standard InChI is InChI=1S/C13H14O/c1-10-8-9-13(2,3)14-12-7-5-4-6-11(10)12/h4-9H,1H2,2-3H3. The van der Waals surface area contributed by atoms with Gasteiger partial charge in [0.15, 0.2) is 0 Å². The van der Waals surface area contributed by atoms with E-state index in [0.29, 0.717) is 0 Å². The van der Waals surface area contributed by atoms with Crippen LogP contribution in [0.3, 0.4) is 0 Å². The van der Waals surface area contributed by atoms with Crippen LogP contribution in [-0.4, -0.2) is 5.60 Å². The largest absolute Gasteiger partial charge is 0.483 e. The second-order valence-corrected chi connectivity index (χ2v) is 4.06. The molecule has 0 unspecified atom stereocenters. The van der Waals surface area contributed by atoms with Crippen molar-refractivity contribution in [3.8, 4) is 5.75 Å². The van der Waals surface area contributed by atoms with Gasteiger partial charge in [0.05, 0.1) is 0 Å². The number of hydrogen-bond acceptors (Lipinski definition) is 1. The highest BCUT2D eigenvalue weighted by atomic mass is 16.5. The van der Waals surface area contributed by atoms with E-state index in [-0.39, 0.29) is 5.60 Å². The molecular formula is C13H14O. The lowest BCUT2D eigenvalue weighted by atomic mass is 10.1. The normalized spacial score (nSPS) is 18.3. The monoisotopic (exact) mass is 186 g/mol. The number of hydrogen-bond donors (Lipinski definition) is 0. The Morgan fingerprint density at radius 2 is 1.93 bits per heavy atom. The van der Waals surface area contributed by atoms with Crippen LogP contribution in [0.1, 0.15) is 19.4 Å². The molecule has 2 rings (SSSR count). The average Bonchev–Trinajstić information content (AvgIpc) is 2.25. The fourth-order valence-electron chi connectivity index (χ4n) is 1.53. The van der Waals surface area contributed by atoms with Crippen LogP contribution in [0.2, 0.25) is 0 Å². The molecule has 0 saturated heterocycles. The van der Waals surface area contributed by atoms with Crippen molar-refractivity contribution in [3.05, 3.63) is 48.6 Å². The van der Waals surface area contributed by atoms with Crippen molar-refractivity contribution < 1.29 is 4.74 Å². The van der Waals surface area contributed by atoms with Gasteiger partial charge in [-0.2, -0.15) is 0 Å². The van der Waals surface area contributed by atoms with Gasteiger partial charge in [0.1, 0.15) is 11.4 Å². The number of allylic oxidation sites excluding steroid dienone is 2. The van der Waals surface area contributed by atoms with Gasteiger partial charge in [0.25, 0.3) is 0 Å². The maximum absolute atomic E-state index is 5.87. The molecule has 0 atom stereocenters. The zero-order chi connectivity index (χ0) is 10.2. The van der Waals surface area contributed by atoms with Gasteiger partial charge in [0.2, 0.25) is 0 Å². The summed E-state index contributed by atoms with van der Waals surface area (Å²) in [4.78, 5) is 0. The Morgan fingerprint density at radius 1 is 1.21 bits per heavy atom. The first-order valence-electron chi connectivity index (χ1n) is 4.75. The van der Waals surface area contributed by atoms with Gasteiger partial charge in [0, 0.05) is 5.56 Å². The van der Waals surface area contributed by atoms with Crippen molar-refractivity contribution in [1.29, 1.82) is 0 Å². The van der Waals surface area contributed by atoms with E-state index in [4.69, 9.17) is 4.74 Å². The van der Waals surface area contributed by atoms with Gasteiger partial charge in [-0.3, -0.25) is 0 Å². The van der Waals surface area contributed by atoms with Crippen LogP contribution in [0.5, 0.6) is 5.75 Å². The van der Waals surface area contributed by atoms with Crippen LogP contribution in [0.25, 0.3) is 5.57 Å². The summed E-state index contributed by atoms with van der Waals surface area (Å²) >= 11 is 0. The van der Waals surface area contributed by atoms with Gasteiger partial charge >= 0.3 is 0 Å². The van der Waals surface area contributed by atoms with E-state index in [2.05, 4.69) is 6.58 Å². The fraction of sp³-hybridized carbons (Fsp3) is 0.231. The molecule has 1 aliphatic heterocycles. The van der Waals surface area contributed by atoms with E-state index in [9.17, 15) is 0 Å². The van der Waals surface area contributed by atoms with Crippen molar-refractivity contribution in [1.82, 2.24) is 0 Å². The second kappa shape index (κ2) is 3.02. The summed E-state index contributed by atoms with van der Waals surface area (Å²) in [5.41, 5.74) is 1.83. The highest BCUT2D eigenvalue weighted by Gasteiger charge is 2.20. The Labute approximate surface area is 84.7 Å². The first-order chi connectivity index (χ1) is 6.58. The first-order valence-corrected chi connectivity index (χ1v) is 4.75.